The summed E-state index contributed by atoms with van der Waals surface area (Å²) in [6.07, 6.45) is -0.462. The van der Waals surface area contributed by atoms with Crippen LogP contribution in [0.2, 0.25) is 0 Å². The first-order valence-electron chi connectivity index (χ1n) is 7.59. The van der Waals surface area contributed by atoms with Crippen LogP contribution in [0.5, 0.6) is 0 Å². The van der Waals surface area contributed by atoms with Gasteiger partial charge in [0.2, 0.25) is 0 Å². The van der Waals surface area contributed by atoms with Gasteiger partial charge in [0, 0.05) is 18.3 Å². The highest BCUT2D eigenvalue weighted by molar-refractivity contribution is 7.91. The van der Waals surface area contributed by atoms with E-state index >= 15 is 0 Å². The molecule has 1 rings (SSSR count). The summed E-state index contributed by atoms with van der Waals surface area (Å²) < 4.78 is 28.6. The van der Waals surface area contributed by atoms with E-state index in [0.717, 1.165) is 5.69 Å². The predicted molar refractivity (Wildman–Crippen MR) is 91.5 cm³/mol. The second kappa shape index (κ2) is 7.68. The van der Waals surface area contributed by atoms with Crippen molar-refractivity contribution in [3.05, 3.63) is 24.3 Å². The number of nitrogens with one attached hydrogen (secondary N) is 2. The van der Waals surface area contributed by atoms with Gasteiger partial charge in [0.15, 0.2) is 9.84 Å². The Labute approximate surface area is 138 Å². The van der Waals surface area contributed by atoms with Crippen LogP contribution in [-0.4, -0.2) is 38.5 Å². The molecule has 0 spiro atoms. The van der Waals surface area contributed by atoms with Crippen molar-refractivity contribution < 1.29 is 17.9 Å². The minimum Gasteiger partial charge on any atom is -0.444 e. The van der Waals surface area contributed by atoms with E-state index in [-0.39, 0.29) is 11.8 Å². The Morgan fingerprint density at radius 2 is 1.78 bits per heavy atom. The number of carbonyl (C=O) groups excluding carboxylic acids is 1. The molecule has 0 aromatic heterocycles. The molecule has 6 nitrogen and oxygen atoms in total. The lowest BCUT2D eigenvalue weighted by Gasteiger charge is -2.21. The van der Waals surface area contributed by atoms with E-state index in [9.17, 15) is 13.2 Å². The Morgan fingerprint density at radius 1 is 1.22 bits per heavy atom. The summed E-state index contributed by atoms with van der Waals surface area (Å²) in [5, 5.41) is 5.88. The number of alkyl carbamates (subject to hydrolysis) is 1. The zero-order valence-corrected chi connectivity index (χ0v) is 15.2. The lowest BCUT2D eigenvalue weighted by Crippen LogP contribution is -2.38. The molecule has 1 unspecified atom stereocenters. The first-order chi connectivity index (χ1) is 10.5. The largest absolute Gasteiger partial charge is 0.444 e. The molecule has 1 amide bonds. The fourth-order valence-electron chi connectivity index (χ4n) is 1.81. The van der Waals surface area contributed by atoms with Gasteiger partial charge >= 0.3 is 6.09 Å². The van der Waals surface area contributed by atoms with Gasteiger partial charge in [-0.25, -0.2) is 13.2 Å². The number of sulfone groups is 1. The van der Waals surface area contributed by atoms with Crippen LogP contribution in [0.1, 0.15) is 34.6 Å². The van der Waals surface area contributed by atoms with E-state index in [1.165, 1.54) is 0 Å². The van der Waals surface area contributed by atoms with E-state index in [0.29, 0.717) is 11.4 Å². The smallest absolute Gasteiger partial charge is 0.407 e. The summed E-state index contributed by atoms with van der Waals surface area (Å²) in [4.78, 5) is 11.9. The number of rotatable bonds is 6. The SMILES string of the molecule is CCS(=O)(=O)c1ccc(NC(C)CNC(=O)OC(C)(C)C)cc1. The standard InChI is InChI=1S/C16H26N2O4S/c1-6-23(20,21)14-9-7-13(8-10-14)18-12(2)11-17-15(19)22-16(3,4)5/h7-10,12,18H,6,11H2,1-5H3,(H,17,19). The molecule has 0 bridgehead atoms. The van der Waals surface area contributed by atoms with Crippen LogP contribution in [0, 0.1) is 0 Å². The minimum atomic E-state index is -3.18. The molecular formula is C16H26N2O4S. The topological polar surface area (TPSA) is 84.5 Å². The van der Waals surface area contributed by atoms with E-state index in [2.05, 4.69) is 10.6 Å². The van der Waals surface area contributed by atoms with Crippen LogP contribution < -0.4 is 10.6 Å². The molecule has 0 saturated carbocycles. The van der Waals surface area contributed by atoms with Crippen molar-refractivity contribution in [3.8, 4) is 0 Å². The molecule has 130 valence electrons. The number of anilines is 1. The summed E-state index contributed by atoms with van der Waals surface area (Å²) >= 11 is 0. The molecule has 0 heterocycles. The second-order valence-electron chi connectivity index (χ2n) is 6.36. The minimum absolute atomic E-state index is 0.0313. The summed E-state index contributed by atoms with van der Waals surface area (Å²) in [5.74, 6) is 0.0794. The Balaban J connectivity index is 2.52. The van der Waals surface area contributed by atoms with Crippen LogP contribution in [0.4, 0.5) is 10.5 Å². The number of hydrogen-bond acceptors (Lipinski definition) is 5. The van der Waals surface area contributed by atoms with Crippen LogP contribution >= 0.6 is 0 Å². The molecule has 1 aromatic rings. The summed E-state index contributed by atoms with van der Waals surface area (Å²) in [6.45, 7) is 9.34. The molecule has 1 atom stereocenters. The third-order valence-corrected chi connectivity index (χ3v) is 4.71. The number of carbonyl (C=O) groups is 1. The van der Waals surface area contributed by atoms with Gasteiger partial charge in [-0.05, 0) is 52.0 Å². The molecule has 2 N–H and O–H groups in total. The zero-order valence-electron chi connectivity index (χ0n) is 14.3. The van der Waals surface area contributed by atoms with Crippen molar-refractivity contribution >= 4 is 21.6 Å². The van der Waals surface area contributed by atoms with Gasteiger partial charge in [0.05, 0.1) is 10.6 Å². The fourth-order valence-corrected chi connectivity index (χ4v) is 2.70. The van der Waals surface area contributed by atoms with Crippen LogP contribution in [0.25, 0.3) is 0 Å². The maximum Gasteiger partial charge on any atom is 0.407 e. The Bertz CT molecular complexity index is 618. The lowest BCUT2D eigenvalue weighted by atomic mass is 10.2. The third-order valence-electron chi connectivity index (χ3n) is 2.96. The monoisotopic (exact) mass is 342 g/mol. The van der Waals surface area contributed by atoms with E-state index in [1.54, 1.807) is 52.0 Å². The average Bonchev–Trinajstić information content (AvgIpc) is 2.44. The van der Waals surface area contributed by atoms with E-state index in [4.69, 9.17) is 4.74 Å². The number of ether oxygens (including phenoxy) is 1. The average molecular weight is 342 g/mol. The van der Waals surface area contributed by atoms with Crippen LogP contribution in [-0.2, 0) is 14.6 Å². The highest BCUT2D eigenvalue weighted by Crippen LogP contribution is 2.16. The molecule has 23 heavy (non-hydrogen) atoms. The highest BCUT2D eigenvalue weighted by atomic mass is 32.2. The molecule has 0 aliphatic heterocycles. The van der Waals surface area contributed by atoms with E-state index < -0.39 is 21.5 Å². The van der Waals surface area contributed by atoms with Crippen molar-refractivity contribution in [3.63, 3.8) is 0 Å². The molecule has 0 aliphatic carbocycles. The molecule has 0 fully saturated rings. The number of amides is 1. The molecule has 0 saturated heterocycles. The zero-order chi connectivity index (χ0) is 17.7. The quantitative estimate of drug-likeness (QED) is 0.830. The van der Waals surface area contributed by atoms with Crippen LogP contribution in [0.3, 0.4) is 0 Å². The van der Waals surface area contributed by atoms with Crippen LogP contribution in [0.15, 0.2) is 29.2 Å². The molecule has 0 aliphatic rings. The van der Waals surface area contributed by atoms with Gasteiger partial charge < -0.3 is 15.4 Å². The predicted octanol–water partition coefficient (Wildman–Crippen LogP) is 2.81. The lowest BCUT2D eigenvalue weighted by molar-refractivity contribution is 0.0526. The fraction of sp³-hybridized carbons (Fsp3) is 0.562. The van der Waals surface area contributed by atoms with Crippen molar-refractivity contribution in [2.75, 3.05) is 17.6 Å². The molecule has 7 heteroatoms. The van der Waals surface area contributed by atoms with Gasteiger partial charge in [-0.1, -0.05) is 6.92 Å². The summed E-state index contributed by atoms with van der Waals surface area (Å²) in [6, 6.07) is 6.56. The normalized spacial score (nSPS) is 13.3. The van der Waals surface area contributed by atoms with Crippen molar-refractivity contribution in [1.29, 1.82) is 0 Å². The van der Waals surface area contributed by atoms with E-state index in [1.807, 2.05) is 6.92 Å². The van der Waals surface area contributed by atoms with Gasteiger partial charge in [-0.3, -0.25) is 0 Å². The first kappa shape index (κ1) is 19.3. The summed E-state index contributed by atoms with van der Waals surface area (Å²) in [5.41, 5.74) is 0.264. The third kappa shape index (κ3) is 6.90. The van der Waals surface area contributed by atoms with Crippen molar-refractivity contribution in [1.82, 2.24) is 5.32 Å². The van der Waals surface area contributed by atoms with Gasteiger partial charge in [0.25, 0.3) is 0 Å². The highest BCUT2D eigenvalue weighted by Gasteiger charge is 2.16. The molecular weight excluding hydrogens is 316 g/mol. The first-order valence-corrected chi connectivity index (χ1v) is 9.25. The number of benzene rings is 1. The van der Waals surface area contributed by atoms with Gasteiger partial charge in [0.1, 0.15) is 5.60 Å². The molecule has 1 aromatic carbocycles. The number of hydrogen-bond donors (Lipinski definition) is 2. The van der Waals surface area contributed by atoms with Gasteiger partial charge in [-0.2, -0.15) is 0 Å². The Kier molecular flexibility index (Phi) is 6.44. The second-order valence-corrected chi connectivity index (χ2v) is 8.63. The van der Waals surface area contributed by atoms with Crippen molar-refractivity contribution in [2.24, 2.45) is 0 Å². The maximum atomic E-state index is 11.7. The molecule has 0 radical (unpaired) electrons. The summed E-state index contributed by atoms with van der Waals surface area (Å²) in [7, 11) is -3.18. The van der Waals surface area contributed by atoms with Crippen molar-refractivity contribution in [2.45, 2.75) is 51.2 Å². The van der Waals surface area contributed by atoms with Gasteiger partial charge in [-0.15, -0.1) is 0 Å². The maximum absolute atomic E-state index is 11.7. The Morgan fingerprint density at radius 3 is 2.26 bits per heavy atom. The Hall–Kier alpha value is -1.76.